The summed E-state index contributed by atoms with van der Waals surface area (Å²) in [6.45, 7) is 8.84. The number of urea groups is 1. The molecule has 2 unspecified atom stereocenters. The molecule has 6 N–H and O–H groups in total. The molecule has 6 atom stereocenters. The number of hydrogen-bond donors (Lipinski definition) is 6. The van der Waals surface area contributed by atoms with Crippen LogP contribution in [0.5, 0.6) is 0 Å². The molecule has 0 aliphatic rings. The van der Waals surface area contributed by atoms with Crippen LogP contribution < -0.4 is 101 Å². The molecule has 0 aromatic carbocycles. The van der Waals surface area contributed by atoms with Crippen molar-refractivity contribution in [1.82, 2.24) is 31.9 Å². The number of phosphoric acid groups is 2. The Balaban J connectivity index is -0.0000470. The maximum atomic E-state index is 13.5. The first kappa shape index (κ1) is 102. The summed E-state index contributed by atoms with van der Waals surface area (Å²) in [5.74, 6) is -2.42. The van der Waals surface area contributed by atoms with E-state index in [0.717, 1.165) is 141 Å². The number of ether oxygens (including phenoxy) is 2. The van der Waals surface area contributed by atoms with Gasteiger partial charge in [0, 0.05) is 52.4 Å². The van der Waals surface area contributed by atoms with Gasteiger partial charge in [0.1, 0.15) is 12.2 Å². The molecule has 0 aromatic heterocycles. The van der Waals surface area contributed by atoms with Crippen LogP contribution in [0.15, 0.2) is 0 Å². The zero-order valence-electron chi connectivity index (χ0n) is 64.2. The van der Waals surface area contributed by atoms with Crippen LogP contribution in [0.1, 0.15) is 350 Å². The Bertz CT molecular complexity index is 2110. The van der Waals surface area contributed by atoms with E-state index in [1.165, 1.54) is 116 Å². The molecule has 0 heterocycles. The van der Waals surface area contributed by atoms with Crippen LogP contribution in [-0.4, -0.2) is 118 Å². The van der Waals surface area contributed by atoms with Gasteiger partial charge < -0.3 is 69.3 Å². The van der Waals surface area contributed by atoms with Gasteiger partial charge in [-0.15, -0.1) is 0 Å². The molecule has 0 spiro atoms. The maximum absolute atomic E-state index is 13.5. The smallest absolute Gasteiger partial charge is 0.756 e. The summed E-state index contributed by atoms with van der Waals surface area (Å²) in [7, 11) is -10.1. The van der Waals surface area contributed by atoms with Gasteiger partial charge in [-0.25, -0.2) is 4.79 Å². The van der Waals surface area contributed by atoms with Crippen LogP contribution in [0, 0.1) is 0 Å². The first-order chi connectivity index (χ1) is 47.3. The quantitative estimate of drug-likeness (QED) is 0.0143. The molecule has 0 rings (SSSR count). The Morgan fingerprint density at radius 3 is 0.940 bits per heavy atom. The van der Waals surface area contributed by atoms with Crippen molar-refractivity contribution in [2.24, 2.45) is 0 Å². The molecule has 0 aromatic rings. The third kappa shape index (κ3) is 70.6. The number of unbranched alkanes of at least 4 members (excludes halogenated alkanes) is 36. The summed E-state index contributed by atoms with van der Waals surface area (Å²) < 4.78 is 57.5. The Hall–Kier alpha value is -1.69. The van der Waals surface area contributed by atoms with Gasteiger partial charge in [-0.2, -0.15) is 0 Å². The molecular weight excluding hydrogens is 1340 g/mol. The fraction of sp³-hybridized carbons (Fsp3) is 0.904. The van der Waals surface area contributed by atoms with Gasteiger partial charge in [0.2, 0.25) is 23.6 Å². The van der Waals surface area contributed by atoms with E-state index >= 15 is 0 Å². The minimum atomic E-state index is -5.04. The zero-order valence-corrected chi connectivity index (χ0v) is 70.0. The number of carbonyl (C=O) groups is 7. The number of phosphoric ester groups is 2. The SMILES string of the molecule is CCCCCCCCCCCCCC(=O)N[C@H](CNC(=O)C[C@@H](CCCCCCC)OC(C)=O)COP(=O)([O-])OCCNC(=O)NCCOP(=O)([O-])OC[C@@H](CNC(=O)C[C@@H](CCCCCCC)OC(=O)CCCCCCCCCCC)NC(=O)CCCCCCCCCCCCC.[Na+].[Na+]. The summed E-state index contributed by atoms with van der Waals surface area (Å²) in [4.78, 5) is 116. The molecule has 100 heavy (non-hydrogen) atoms. The molecule has 0 saturated carbocycles. The van der Waals surface area contributed by atoms with Gasteiger partial charge in [0.15, 0.2) is 0 Å². The standard InChI is InChI=1S/C73H142N6O17P2.2Na/c1-7-12-17-22-25-28-30-33-35-40-45-50-68(81)78-64(59-76-70(83)57-66(95-63(6)80)48-43-38-20-15-10-4)61-93-97(87,88)91-55-53-74-73(86)75-54-56-92-98(89,90)94-62-65(79-69(82)51-46-41-36-34-31-29-26-23-18-13-8-2)60-77-71(84)58-67(49-44-39-21-16-11-5)96-72(85)52-47-42-37-32-27-24-19-14-9-3;;/h64-67H,7-62H2,1-6H3,(H,76,83)(H,77,84)(H,78,81)(H,79,82)(H,87,88)(H,89,90)(H2,74,75,86);;/q;2*+1/p-2/t64-,65-,66-,67-;;/m1../s1. The first-order valence-corrected chi connectivity index (χ1v) is 41.9. The van der Waals surface area contributed by atoms with Crippen LogP contribution in [0.25, 0.3) is 0 Å². The van der Waals surface area contributed by atoms with Crippen molar-refractivity contribution >= 4 is 57.2 Å². The molecule has 0 saturated heterocycles. The summed E-state index contributed by atoms with van der Waals surface area (Å²) >= 11 is 0. The third-order valence-corrected chi connectivity index (χ3v) is 19.1. The van der Waals surface area contributed by atoms with Crippen molar-refractivity contribution in [3.63, 3.8) is 0 Å². The van der Waals surface area contributed by atoms with E-state index in [9.17, 15) is 52.5 Å². The molecule has 0 aliphatic heterocycles. The van der Waals surface area contributed by atoms with Gasteiger partial charge in [-0.05, 0) is 44.9 Å². The van der Waals surface area contributed by atoms with E-state index in [2.05, 4.69) is 66.5 Å². The van der Waals surface area contributed by atoms with Gasteiger partial charge in [-0.3, -0.25) is 37.9 Å². The Kier molecular flexibility index (Phi) is 74.7. The topological polar surface area (TPSA) is 327 Å². The van der Waals surface area contributed by atoms with E-state index in [0.29, 0.717) is 25.7 Å². The maximum Gasteiger partial charge on any atom is 1.00 e. The summed E-state index contributed by atoms with van der Waals surface area (Å²) in [6.07, 6.45) is 44.3. The molecule has 0 fully saturated rings. The van der Waals surface area contributed by atoms with Crippen LogP contribution in [0.3, 0.4) is 0 Å². The van der Waals surface area contributed by atoms with Crippen molar-refractivity contribution < 1.29 is 139 Å². The molecule has 576 valence electrons. The number of carbonyl (C=O) groups excluding carboxylic acids is 7. The third-order valence-electron chi connectivity index (χ3n) is 17.2. The second-order valence-corrected chi connectivity index (χ2v) is 29.6. The Morgan fingerprint density at radius 1 is 0.350 bits per heavy atom. The van der Waals surface area contributed by atoms with Crippen LogP contribution in [0.4, 0.5) is 4.79 Å². The van der Waals surface area contributed by atoms with E-state index in [1.54, 1.807) is 0 Å². The van der Waals surface area contributed by atoms with E-state index in [-0.39, 0.29) is 135 Å². The van der Waals surface area contributed by atoms with Crippen LogP contribution >= 0.6 is 15.6 Å². The van der Waals surface area contributed by atoms with Crippen molar-refractivity contribution in [2.45, 2.75) is 374 Å². The summed E-state index contributed by atoms with van der Waals surface area (Å²) in [6, 6.07) is -2.77. The van der Waals surface area contributed by atoms with Crippen LogP contribution in [-0.2, 0) is 65.5 Å². The van der Waals surface area contributed by atoms with Crippen molar-refractivity contribution in [1.29, 1.82) is 0 Å². The predicted molar refractivity (Wildman–Crippen MR) is 386 cm³/mol. The van der Waals surface area contributed by atoms with Gasteiger partial charge >= 0.3 is 77.1 Å². The number of esters is 2. The normalized spacial score (nSPS) is 13.6. The number of hydrogen-bond acceptors (Lipinski definition) is 17. The molecule has 0 aliphatic carbocycles. The molecular formula is C73H140N6Na2O17P2. The van der Waals surface area contributed by atoms with Crippen molar-refractivity contribution in [3.8, 4) is 0 Å². The Labute approximate surface area is 650 Å². The molecule has 0 radical (unpaired) electrons. The fourth-order valence-electron chi connectivity index (χ4n) is 11.4. The number of amides is 6. The number of rotatable bonds is 72. The monoisotopic (exact) mass is 1480 g/mol. The van der Waals surface area contributed by atoms with Crippen molar-refractivity contribution in [3.05, 3.63) is 0 Å². The molecule has 0 bridgehead atoms. The van der Waals surface area contributed by atoms with Gasteiger partial charge in [-0.1, -0.05) is 266 Å². The van der Waals surface area contributed by atoms with E-state index in [1.807, 2.05) is 0 Å². The molecule has 6 amide bonds. The average molecular weight is 1480 g/mol. The minimum Gasteiger partial charge on any atom is -0.756 e. The minimum absolute atomic E-state index is 0. The first-order valence-electron chi connectivity index (χ1n) is 39.0. The van der Waals surface area contributed by atoms with E-state index < -0.39 is 90.2 Å². The largest absolute Gasteiger partial charge is 1.00 e. The molecule has 23 nitrogen and oxygen atoms in total. The fourth-order valence-corrected chi connectivity index (χ4v) is 12.9. The Morgan fingerprint density at radius 2 is 0.630 bits per heavy atom. The van der Waals surface area contributed by atoms with Crippen molar-refractivity contribution in [2.75, 3.05) is 52.6 Å². The second kappa shape index (κ2) is 72.9. The van der Waals surface area contributed by atoms with Gasteiger partial charge in [0.25, 0.3) is 15.6 Å². The van der Waals surface area contributed by atoms with E-state index in [4.69, 9.17) is 27.6 Å². The summed E-state index contributed by atoms with van der Waals surface area (Å²) in [5, 5.41) is 15.9. The predicted octanol–water partition coefficient (Wildman–Crippen LogP) is 9.17. The zero-order chi connectivity index (χ0) is 72.4. The average Bonchev–Trinajstić information content (AvgIpc) is 0.990. The van der Waals surface area contributed by atoms with Crippen LogP contribution in [0.2, 0.25) is 0 Å². The second-order valence-electron chi connectivity index (χ2n) is 26.8. The molecule has 27 heteroatoms. The summed E-state index contributed by atoms with van der Waals surface area (Å²) in [5.41, 5.74) is 0. The van der Waals surface area contributed by atoms with Gasteiger partial charge in [0.05, 0.1) is 51.4 Å². The number of nitrogens with one attached hydrogen (secondary N) is 6.